The third kappa shape index (κ3) is 8.81. The molecule has 1 saturated heterocycles. The van der Waals surface area contributed by atoms with E-state index in [1.165, 1.54) is 10.4 Å². The van der Waals surface area contributed by atoms with Crippen LogP contribution in [0.15, 0.2) is 60.7 Å². The van der Waals surface area contributed by atoms with Gasteiger partial charge in [0, 0.05) is 44.9 Å². The standard InChI is InChI=1S/C38H56N6O4Si/c1-37(2,3)48-36(45)43-22-23-44(34-32-19-21-39-27-33(32)40-35(41-34)46-26-24-42(7)8)29(28-43)20-25-47-49(38(4,5)6,30-15-11-9-12-16-30)31-17-13-10-14-18-31/h9-18,29,39H,19-28H2,1-8H3/t29-/m0/s1. The highest BCUT2D eigenvalue weighted by molar-refractivity contribution is 6.99. The molecule has 1 amide bonds. The Morgan fingerprint density at radius 2 is 1.59 bits per heavy atom. The number of likely N-dealkylation sites (N-methyl/N-ethyl adjacent to an activating group) is 1. The van der Waals surface area contributed by atoms with E-state index in [0.29, 0.717) is 51.8 Å². The fraction of sp³-hybridized carbons (Fsp3) is 0.553. The molecule has 0 aliphatic carbocycles. The monoisotopic (exact) mass is 688 g/mol. The molecule has 5 rings (SSSR count). The number of fused-ring (bicyclic) bond motifs is 1. The van der Waals surface area contributed by atoms with Gasteiger partial charge in [0.15, 0.2) is 0 Å². The first-order valence-corrected chi connectivity index (χ1v) is 19.6. The fourth-order valence-electron chi connectivity index (χ4n) is 6.92. The zero-order valence-electron chi connectivity index (χ0n) is 30.8. The van der Waals surface area contributed by atoms with E-state index in [1.807, 2.05) is 39.8 Å². The average Bonchev–Trinajstić information content (AvgIpc) is 3.05. The Kier molecular flexibility index (Phi) is 11.7. The van der Waals surface area contributed by atoms with Crippen molar-refractivity contribution in [3.8, 4) is 6.01 Å². The Morgan fingerprint density at radius 1 is 0.939 bits per heavy atom. The Morgan fingerprint density at radius 3 is 2.18 bits per heavy atom. The van der Waals surface area contributed by atoms with Gasteiger partial charge in [-0.3, -0.25) is 0 Å². The Balaban J connectivity index is 1.49. The maximum Gasteiger partial charge on any atom is 0.410 e. The normalized spacial score (nSPS) is 17.2. The van der Waals surface area contributed by atoms with Crippen LogP contribution in [0.2, 0.25) is 5.04 Å². The molecule has 0 unspecified atom stereocenters. The van der Waals surface area contributed by atoms with Crippen LogP contribution in [-0.4, -0.2) is 106 Å². The maximum atomic E-state index is 13.4. The Bertz CT molecular complexity index is 1490. The highest BCUT2D eigenvalue weighted by Crippen LogP contribution is 2.37. The molecule has 1 aromatic heterocycles. The number of benzene rings is 2. The summed E-state index contributed by atoms with van der Waals surface area (Å²) in [5, 5.41) is 5.83. The predicted octanol–water partition coefficient (Wildman–Crippen LogP) is 4.46. The van der Waals surface area contributed by atoms with Crippen molar-refractivity contribution in [2.24, 2.45) is 0 Å². The highest BCUT2D eigenvalue weighted by Gasteiger charge is 2.50. The molecule has 0 saturated carbocycles. The molecule has 2 aromatic carbocycles. The summed E-state index contributed by atoms with van der Waals surface area (Å²) in [7, 11) is 1.30. The minimum atomic E-state index is -2.74. The van der Waals surface area contributed by atoms with Crippen LogP contribution < -0.4 is 25.3 Å². The molecule has 49 heavy (non-hydrogen) atoms. The molecule has 11 heteroatoms. The number of hydrogen-bond acceptors (Lipinski definition) is 9. The molecular weight excluding hydrogens is 633 g/mol. The first-order chi connectivity index (χ1) is 23.3. The zero-order chi connectivity index (χ0) is 35.2. The number of nitrogens with zero attached hydrogens (tertiary/aromatic N) is 5. The summed E-state index contributed by atoms with van der Waals surface area (Å²) < 4.78 is 19.3. The van der Waals surface area contributed by atoms with Crippen molar-refractivity contribution in [2.45, 2.75) is 77.6 Å². The van der Waals surface area contributed by atoms with Crippen molar-refractivity contribution < 1.29 is 18.7 Å². The number of hydrogen-bond donors (Lipinski definition) is 1. The van der Waals surface area contributed by atoms with E-state index in [9.17, 15) is 4.79 Å². The van der Waals surface area contributed by atoms with Gasteiger partial charge in [0.1, 0.15) is 18.0 Å². The van der Waals surface area contributed by atoms with E-state index in [1.54, 1.807) is 0 Å². The van der Waals surface area contributed by atoms with E-state index in [2.05, 4.69) is 96.6 Å². The number of rotatable bonds is 11. The van der Waals surface area contributed by atoms with Gasteiger partial charge in [-0.05, 0) is 69.7 Å². The second-order valence-electron chi connectivity index (χ2n) is 15.4. The number of aromatic nitrogens is 2. The lowest BCUT2D eigenvalue weighted by Crippen LogP contribution is -2.67. The molecule has 2 aliphatic heterocycles. The van der Waals surface area contributed by atoms with Crippen LogP contribution in [0.4, 0.5) is 10.6 Å². The molecule has 0 radical (unpaired) electrons. The second-order valence-corrected chi connectivity index (χ2v) is 19.7. The molecule has 1 atom stereocenters. The van der Waals surface area contributed by atoms with Crippen LogP contribution in [0.1, 0.15) is 59.2 Å². The number of anilines is 1. The molecular formula is C38H56N6O4Si. The number of carbonyl (C=O) groups is 1. The Labute approximate surface area is 294 Å². The van der Waals surface area contributed by atoms with Crippen molar-refractivity contribution in [1.29, 1.82) is 0 Å². The molecule has 266 valence electrons. The number of amides is 1. The minimum Gasteiger partial charge on any atom is -0.462 e. The summed E-state index contributed by atoms with van der Waals surface area (Å²) in [5.41, 5.74) is 1.56. The highest BCUT2D eigenvalue weighted by atomic mass is 28.4. The SMILES string of the molecule is CN(C)CCOc1nc2c(c(N3CCN(C(=O)OC(C)(C)C)C[C@@H]3CCO[Si](c3ccccc3)(c3ccccc3)C(C)(C)C)n1)CCNC2. The average molecular weight is 689 g/mol. The van der Waals surface area contributed by atoms with Crippen molar-refractivity contribution in [3.63, 3.8) is 0 Å². The van der Waals surface area contributed by atoms with Gasteiger partial charge in [-0.15, -0.1) is 0 Å². The number of piperazine rings is 1. The van der Waals surface area contributed by atoms with Gasteiger partial charge in [0.25, 0.3) is 8.32 Å². The minimum absolute atomic E-state index is 0.0528. The second kappa shape index (κ2) is 15.6. The molecule has 0 spiro atoms. The fourth-order valence-corrected chi connectivity index (χ4v) is 11.5. The van der Waals surface area contributed by atoms with Gasteiger partial charge in [0.05, 0.1) is 11.7 Å². The van der Waals surface area contributed by atoms with Gasteiger partial charge in [-0.2, -0.15) is 9.97 Å². The third-order valence-electron chi connectivity index (χ3n) is 9.26. The van der Waals surface area contributed by atoms with Crippen LogP contribution in [-0.2, 0) is 22.1 Å². The smallest absolute Gasteiger partial charge is 0.410 e. The summed E-state index contributed by atoms with van der Waals surface area (Å²) in [4.78, 5) is 29.6. The van der Waals surface area contributed by atoms with Gasteiger partial charge in [-0.1, -0.05) is 81.4 Å². The maximum absolute atomic E-state index is 13.4. The summed E-state index contributed by atoms with van der Waals surface area (Å²) >= 11 is 0. The number of carbonyl (C=O) groups excluding carboxylic acids is 1. The van der Waals surface area contributed by atoms with Crippen molar-refractivity contribution in [2.75, 3.05) is 64.9 Å². The third-order valence-corrected chi connectivity index (χ3v) is 14.3. The summed E-state index contributed by atoms with van der Waals surface area (Å²) in [6.45, 7) is 17.6. The van der Waals surface area contributed by atoms with Crippen LogP contribution in [0, 0.1) is 0 Å². The van der Waals surface area contributed by atoms with E-state index in [0.717, 1.165) is 36.6 Å². The molecule has 1 N–H and O–H groups in total. The topological polar surface area (TPSA) is 92.3 Å². The molecule has 10 nitrogen and oxygen atoms in total. The van der Waals surface area contributed by atoms with Crippen molar-refractivity contribution in [1.82, 2.24) is 25.1 Å². The van der Waals surface area contributed by atoms with E-state index in [4.69, 9.17) is 23.9 Å². The van der Waals surface area contributed by atoms with Crippen LogP contribution in [0.5, 0.6) is 6.01 Å². The largest absolute Gasteiger partial charge is 0.462 e. The van der Waals surface area contributed by atoms with E-state index >= 15 is 0 Å². The first-order valence-electron chi connectivity index (χ1n) is 17.7. The summed E-state index contributed by atoms with van der Waals surface area (Å²) in [5.74, 6) is 0.908. The molecule has 1 fully saturated rings. The van der Waals surface area contributed by atoms with Gasteiger partial charge < -0.3 is 33.9 Å². The lowest BCUT2D eigenvalue weighted by Gasteiger charge is -2.45. The van der Waals surface area contributed by atoms with Crippen molar-refractivity contribution in [3.05, 3.63) is 71.9 Å². The lowest BCUT2D eigenvalue weighted by atomic mass is 10.0. The van der Waals surface area contributed by atoms with Gasteiger partial charge in [-0.25, -0.2) is 4.79 Å². The quantitative estimate of drug-likeness (QED) is 0.294. The van der Waals surface area contributed by atoms with E-state index in [-0.39, 0.29) is 17.2 Å². The molecule has 3 heterocycles. The van der Waals surface area contributed by atoms with Crippen LogP contribution in [0.25, 0.3) is 0 Å². The molecule has 2 aliphatic rings. The molecule has 0 bridgehead atoms. The number of ether oxygens (including phenoxy) is 2. The van der Waals surface area contributed by atoms with Crippen LogP contribution >= 0.6 is 0 Å². The predicted molar refractivity (Wildman–Crippen MR) is 199 cm³/mol. The first kappa shape index (κ1) is 36.8. The number of nitrogens with one attached hydrogen (secondary N) is 1. The van der Waals surface area contributed by atoms with E-state index < -0.39 is 13.9 Å². The van der Waals surface area contributed by atoms with Crippen LogP contribution in [0.3, 0.4) is 0 Å². The summed E-state index contributed by atoms with van der Waals surface area (Å²) in [6.07, 6.45) is 1.25. The lowest BCUT2D eigenvalue weighted by molar-refractivity contribution is 0.0207. The zero-order valence-corrected chi connectivity index (χ0v) is 31.8. The van der Waals surface area contributed by atoms with Gasteiger partial charge in [0.2, 0.25) is 0 Å². The summed E-state index contributed by atoms with van der Waals surface area (Å²) in [6, 6.07) is 21.8. The van der Waals surface area contributed by atoms with Gasteiger partial charge >= 0.3 is 12.1 Å². The Hall–Kier alpha value is -3.51. The molecule has 3 aromatic rings. The van der Waals surface area contributed by atoms with Crippen molar-refractivity contribution >= 4 is 30.6 Å².